The highest BCUT2D eigenvalue weighted by Gasteiger charge is 2.09. The highest BCUT2D eigenvalue weighted by Crippen LogP contribution is 2.21. The predicted octanol–water partition coefficient (Wildman–Crippen LogP) is 3.03. The monoisotopic (exact) mass is 269 g/mol. The van der Waals surface area contributed by atoms with Gasteiger partial charge < -0.3 is 9.88 Å². The molecule has 0 amide bonds. The number of nitrogens with one attached hydrogen (secondary N) is 1. The van der Waals surface area contributed by atoms with Gasteiger partial charge >= 0.3 is 0 Å². The summed E-state index contributed by atoms with van der Waals surface area (Å²) >= 11 is 7.53. The van der Waals surface area contributed by atoms with Crippen molar-refractivity contribution in [3.8, 4) is 0 Å². The average Bonchev–Trinajstić information content (AvgIpc) is 2.87. The highest BCUT2D eigenvalue weighted by molar-refractivity contribution is 7.16. The van der Waals surface area contributed by atoms with Gasteiger partial charge in [0.1, 0.15) is 5.82 Å². The summed E-state index contributed by atoms with van der Waals surface area (Å²) in [5.74, 6) is 1.06. The molecule has 1 unspecified atom stereocenters. The maximum absolute atomic E-state index is 5.89. The van der Waals surface area contributed by atoms with Gasteiger partial charge in [-0.05, 0) is 25.5 Å². The summed E-state index contributed by atoms with van der Waals surface area (Å²) < 4.78 is 2.90. The van der Waals surface area contributed by atoms with Crippen molar-refractivity contribution >= 4 is 22.9 Å². The first-order valence-corrected chi connectivity index (χ1v) is 6.81. The first kappa shape index (κ1) is 12.6. The Bertz CT molecular complexity index is 478. The Morgan fingerprint density at radius 3 is 2.94 bits per heavy atom. The zero-order valence-corrected chi connectivity index (χ0v) is 11.6. The predicted molar refractivity (Wildman–Crippen MR) is 72.7 cm³/mol. The second-order valence-corrected chi connectivity index (χ2v) is 5.83. The number of aromatic nitrogens is 2. The van der Waals surface area contributed by atoms with Crippen molar-refractivity contribution in [1.29, 1.82) is 0 Å². The van der Waals surface area contributed by atoms with E-state index in [2.05, 4.69) is 23.3 Å². The Balaban J connectivity index is 1.81. The minimum absolute atomic E-state index is 0.269. The lowest BCUT2D eigenvalue weighted by atomic mass is 10.3. The minimum atomic E-state index is 0.269. The normalized spacial score (nSPS) is 12.9. The lowest BCUT2D eigenvalue weighted by molar-refractivity contribution is 0.534. The van der Waals surface area contributed by atoms with Crippen LogP contribution in [0.25, 0.3) is 0 Å². The minimum Gasteiger partial charge on any atom is -0.337 e. The standard InChI is InChI=1S/C12H16ClN3S/c1-9(12-15-7-8-16(12)2)14-6-5-10-3-4-11(13)17-10/h3-4,7-9,14H,5-6H2,1-2H3. The highest BCUT2D eigenvalue weighted by atomic mass is 35.5. The lowest BCUT2D eigenvalue weighted by Crippen LogP contribution is -2.23. The molecule has 3 nitrogen and oxygen atoms in total. The second kappa shape index (κ2) is 5.67. The maximum Gasteiger partial charge on any atom is 0.125 e. The zero-order chi connectivity index (χ0) is 12.3. The fraction of sp³-hybridized carbons (Fsp3) is 0.417. The van der Waals surface area contributed by atoms with Crippen LogP contribution in [0.2, 0.25) is 4.34 Å². The van der Waals surface area contributed by atoms with Gasteiger partial charge in [0.25, 0.3) is 0 Å². The molecule has 2 heterocycles. The summed E-state index contributed by atoms with van der Waals surface area (Å²) in [5.41, 5.74) is 0. The van der Waals surface area contributed by atoms with Gasteiger partial charge in [0.15, 0.2) is 0 Å². The fourth-order valence-electron chi connectivity index (χ4n) is 1.78. The van der Waals surface area contributed by atoms with Crippen LogP contribution in [-0.4, -0.2) is 16.1 Å². The number of hydrogen-bond acceptors (Lipinski definition) is 3. The van der Waals surface area contributed by atoms with Crippen LogP contribution in [0.4, 0.5) is 0 Å². The molecule has 17 heavy (non-hydrogen) atoms. The first-order chi connectivity index (χ1) is 8.16. The quantitative estimate of drug-likeness (QED) is 0.904. The fourth-order valence-corrected chi connectivity index (χ4v) is 2.87. The number of hydrogen-bond donors (Lipinski definition) is 1. The molecule has 0 radical (unpaired) electrons. The Kier molecular flexibility index (Phi) is 4.20. The van der Waals surface area contributed by atoms with E-state index in [9.17, 15) is 0 Å². The van der Waals surface area contributed by atoms with E-state index in [0.29, 0.717) is 0 Å². The van der Waals surface area contributed by atoms with Gasteiger partial charge in [0.2, 0.25) is 0 Å². The largest absolute Gasteiger partial charge is 0.337 e. The van der Waals surface area contributed by atoms with E-state index in [1.165, 1.54) is 4.88 Å². The number of aryl methyl sites for hydroxylation is 1. The molecule has 2 rings (SSSR count). The first-order valence-electron chi connectivity index (χ1n) is 5.61. The molecule has 0 aliphatic heterocycles. The van der Waals surface area contributed by atoms with E-state index >= 15 is 0 Å². The molecule has 5 heteroatoms. The van der Waals surface area contributed by atoms with Crippen molar-refractivity contribution < 1.29 is 0 Å². The summed E-state index contributed by atoms with van der Waals surface area (Å²) in [6.45, 7) is 3.06. The van der Waals surface area contributed by atoms with Crippen molar-refractivity contribution in [3.05, 3.63) is 39.6 Å². The number of imidazole rings is 1. The van der Waals surface area contributed by atoms with Gasteiger partial charge in [-0.25, -0.2) is 4.98 Å². The van der Waals surface area contributed by atoms with E-state index in [1.807, 2.05) is 30.1 Å². The summed E-state index contributed by atoms with van der Waals surface area (Å²) in [4.78, 5) is 5.64. The van der Waals surface area contributed by atoms with Gasteiger partial charge in [0.05, 0.1) is 10.4 Å². The Labute approximate surface area is 110 Å². The Hall–Kier alpha value is -0.840. The smallest absolute Gasteiger partial charge is 0.125 e. The molecule has 0 aliphatic rings. The van der Waals surface area contributed by atoms with Crippen molar-refractivity contribution in [2.75, 3.05) is 6.54 Å². The van der Waals surface area contributed by atoms with Crippen LogP contribution in [0.1, 0.15) is 23.7 Å². The molecule has 0 saturated carbocycles. The SMILES string of the molecule is CC(NCCc1ccc(Cl)s1)c1nccn1C. The summed E-state index contributed by atoms with van der Waals surface area (Å²) in [7, 11) is 2.01. The molecule has 0 aliphatic carbocycles. The van der Waals surface area contributed by atoms with Gasteiger partial charge in [0, 0.05) is 30.9 Å². The third-order valence-electron chi connectivity index (χ3n) is 2.70. The zero-order valence-electron chi connectivity index (χ0n) is 9.98. The molecule has 2 aromatic rings. The molecule has 0 fully saturated rings. The van der Waals surface area contributed by atoms with Crippen molar-refractivity contribution in [1.82, 2.24) is 14.9 Å². The van der Waals surface area contributed by atoms with Crippen LogP contribution in [0.15, 0.2) is 24.5 Å². The third kappa shape index (κ3) is 3.31. The van der Waals surface area contributed by atoms with Crippen LogP contribution in [-0.2, 0) is 13.5 Å². The van der Waals surface area contributed by atoms with Crippen molar-refractivity contribution in [2.24, 2.45) is 7.05 Å². The van der Waals surface area contributed by atoms with E-state index in [0.717, 1.165) is 23.1 Å². The van der Waals surface area contributed by atoms with E-state index in [1.54, 1.807) is 11.3 Å². The van der Waals surface area contributed by atoms with E-state index in [-0.39, 0.29) is 6.04 Å². The van der Waals surface area contributed by atoms with Gasteiger partial charge in [-0.15, -0.1) is 11.3 Å². The number of nitrogens with zero attached hydrogens (tertiary/aromatic N) is 2. The topological polar surface area (TPSA) is 29.9 Å². The lowest BCUT2D eigenvalue weighted by Gasteiger charge is -2.13. The summed E-state index contributed by atoms with van der Waals surface area (Å²) in [6.07, 6.45) is 4.80. The van der Waals surface area contributed by atoms with Gasteiger partial charge in [-0.2, -0.15) is 0 Å². The van der Waals surface area contributed by atoms with Crippen LogP contribution >= 0.6 is 22.9 Å². The summed E-state index contributed by atoms with van der Waals surface area (Å²) in [5, 5.41) is 3.46. The molecule has 0 bridgehead atoms. The number of rotatable bonds is 5. The number of halogens is 1. The molecule has 0 aromatic carbocycles. The molecule has 2 aromatic heterocycles. The van der Waals surface area contributed by atoms with Gasteiger partial charge in [-0.3, -0.25) is 0 Å². The molecule has 0 spiro atoms. The van der Waals surface area contributed by atoms with Crippen molar-refractivity contribution in [3.63, 3.8) is 0 Å². The molecule has 1 N–H and O–H groups in total. The number of thiophene rings is 1. The van der Waals surface area contributed by atoms with E-state index in [4.69, 9.17) is 11.6 Å². The van der Waals surface area contributed by atoms with Crippen LogP contribution in [0.5, 0.6) is 0 Å². The Morgan fingerprint density at radius 2 is 2.35 bits per heavy atom. The average molecular weight is 270 g/mol. The third-order valence-corrected chi connectivity index (χ3v) is 3.99. The second-order valence-electron chi connectivity index (χ2n) is 4.03. The van der Waals surface area contributed by atoms with Crippen LogP contribution in [0, 0.1) is 0 Å². The van der Waals surface area contributed by atoms with Gasteiger partial charge in [-0.1, -0.05) is 11.6 Å². The molecular weight excluding hydrogens is 254 g/mol. The van der Waals surface area contributed by atoms with E-state index < -0.39 is 0 Å². The molecule has 0 saturated heterocycles. The van der Waals surface area contributed by atoms with Crippen molar-refractivity contribution in [2.45, 2.75) is 19.4 Å². The molecular formula is C12H16ClN3S. The van der Waals surface area contributed by atoms with Crippen LogP contribution < -0.4 is 5.32 Å². The maximum atomic E-state index is 5.89. The molecule has 92 valence electrons. The Morgan fingerprint density at radius 1 is 1.53 bits per heavy atom. The van der Waals surface area contributed by atoms with Crippen LogP contribution in [0.3, 0.4) is 0 Å². The summed E-state index contributed by atoms with van der Waals surface area (Å²) in [6, 6.07) is 4.30. The molecule has 1 atom stereocenters.